The molecule has 3 aromatic carbocycles. The molecule has 4 rings (SSSR count). The molecule has 4 aromatic rings. The van der Waals surface area contributed by atoms with Gasteiger partial charge in [0.05, 0.1) is 7.11 Å². The van der Waals surface area contributed by atoms with Gasteiger partial charge in [-0.2, -0.15) is 0 Å². The monoisotopic (exact) mass is 358 g/mol. The lowest BCUT2D eigenvalue weighted by molar-refractivity contribution is 0.284. The minimum Gasteiger partial charge on any atom is -0.493 e. The number of hydrogen-bond acceptors (Lipinski definition) is 5. The average Bonchev–Trinajstić information content (AvgIpc) is 3.24. The fraction of sp³-hybridized carbons (Fsp3) is 0.0909. The maximum Gasteiger partial charge on any atom is 0.248 e. The summed E-state index contributed by atoms with van der Waals surface area (Å²) in [4.78, 5) is 0. The molecule has 0 aliphatic carbocycles. The van der Waals surface area contributed by atoms with Crippen molar-refractivity contribution in [3.63, 3.8) is 0 Å². The predicted molar refractivity (Wildman–Crippen MR) is 102 cm³/mol. The second kappa shape index (κ2) is 7.74. The lowest BCUT2D eigenvalue weighted by atomic mass is 10.2. The van der Waals surface area contributed by atoms with Gasteiger partial charge in [-0.05, 0) is 35.9 Å². The fourth-order valence-corrected chi connectivity index (χ4v) is 2.70. The highest BCUT2D eigenvalue weighted by molar-refractivity contribution is 5.61. The Morgan fingerprint density at radius 2 is 1.41 bits per heavy atom. The van der Waals surface area contributed by atoms with Crippen molar-refractivity contribution in [3.05, 3.63) is 84.4 Å². The molecule has 5 heteroatoms. The topological polar surface area (TPSA) is 57.4 Å². The van der Waals surface area contributed by atoms with Crippen LogP contribution < -0.4 is 9.47 Å². The normalized spacial score (nSPS) is 10.6. The van der Waals surface area contributed by atoms with Gasteiger partial charge in [-0.25, -0.2) is 0 Å². The van der Waals surface area contributed by atoms with E-state index in [4.69, 9.17) is 13.9 Å². The van der Waals surface area contributed by atoms with Crippen molar-refractivity contribution < 1.29 is 13.9 Å². The highest BCUT2D eigenvalue weighted by atomic mass is 16.5. The van der Waals surface area contributed by atoms with Gasteiger partial charge in [0.1, 0.15) is 6.61 Å². The maximum atomic E-state index is 5.95. The van der Waals surface area contributed by atoms with Crippen molar-refractivity contribution in [1.29, 1.82) is 0 Å². The number of hydrogen-bond donors (Lipinski definition) is 0. The molecule has 0 saturated heterocycles. The van der Waals surface area contributed by atoms with Gasteiger partial charge >= 0.3 is 0 Å². The van der Waals surface area contributed by atoms with Gasteiger partial charge in [-0.3, -0.25) is 0 Å². The van der Waals surface area contributed by atoms with Gasteiger partial charge in [-0.15, -0.1) is 10.2 Å². The van der Waals surface area contributed by atoms with Crippen LogP contribution >= 0.6 is 0 Å². The largest absolute Gasteiger partial charge is 0.493 e. The van der Waals surface area contributed by atoms with Crippen LogP contribution in [0.2, 0.25) is 0 Å². The summed E-state index contributed by atoms with van der Waals surface area (Å²) in [5.41, 5.74) is 2.73. The number of methoxy groups -OCH3 is 1. The second-order valence-corrected chi connectivity index (χ2v) is 5.92. The molecule has 0 aliphatic heterocycles. The van der Waals surface area contributed by atoms with Crippen LogP contribution in [0.4, 0.5) is 0 Å². The Morgan fingerprint density at radius 1 is 0.741 bits per heavy atom. The molecule has 5 nitrogen and oxygen atoms in total. The number of ether oxygens (including phenoxy) is 2. The first-order valence-electron chi connectivity index (χ1n) is 8.57. The molecule has 0 unspecified atom stereocenters. The van der Waals surface area contributed by atoms with E-state index < -0.39 is 0 Å². The van der Waals surface area contributed by atoms with E-state index in [0.717, 1.165) is 16.7 Å². The molecule has 0 fully saturated rings. The summed E-state index contributed by atoms with van der Waals surface area (Å²) in [5, 5.41) is 8.30. The summed E-state index contributed by atoms with van der Waals surface area (Å²) < 4.78 is 17.2. The first-order chi connectivity index (χ1) is 13.3. The number of nitrogens with zero attached hydrogens (tertiary/aromatic N) is 2. The third-order valence-corrected chi connectivity index (χ3v) is 4.09. The molecule has 0 saturated carbocycles. The maximum absolute atomic E-state index is 5.95. The van der Waals surface area contributed by atoms with Gasteiger partial charge in [0.2, 0.25) is 11.8 Å². The van der Waals surface area contributed by atoms with E-state index >= 15 is 0 Å². The molecule has 0 aliphatic rings. The van der Waals surface area contributed by atoms with Crippen molar-refractivity contribution in [2.75, 3.05) is 7.11 Å². The lowest BCUT2D eigenvalue weighted by Crippen LogP contribution is -1.98. The van der Waals surface area contributed by atoms with Crippen molar-refractivity contribution in [3.8, 4) is 34.4 Å². The Hall–Kier alpha value is -3.60. The van der Waals surface area contributed by atoms with E-state index in [-0.39, 0.29) is 0 Å². The van der Waals surface area contributed by atoms with E-state index in [1.807, 2.05) is 78.9 Å². The van der Waals surface area contributed by atoms with Crippen LogP contribution in [0.15, 0.2) is 83.3 Å². The molecule has 0 bridgehead atoms. The zero-order chi connectivity index (χ0) is 18.5. The molecule has 0 amide bonds. The molecule has 0 N–H and O–H groups in total. The standard InChI is InChI=1S/C22H18N2O3/c1-25-19-13-12-18(14-20(19)26-15-16-8-4-2-5-9-16)22-24-23-21(27-22)17-10-6-3-7-11-17/h2-14H,15H2,1H3. The molecule has 0 radical (unpaired) electrons. The van der Waals surface area contributed by atoms with E-state index in [1.165, 1.54) is 0 Å². The molecule has 27 heavy (non-hydrogen) atoms. The Labute approximate surface area is 157 Å². The smallest absolute Gasteiger partial charge is 0.248 e. The average molecular weight is 358 g/mol. The number of rotatable bonds is 6. The molecule has 0 spiro atoms. The van der Waals surface area contributed by atoms with Crippen molar-refractivity contribution in [2.24, 2.45) is 0 Å². The summed E-state index contributed by atoms with van der Waals surface area (Å²) in [7, 11) is 1.62. The lowest BCUT2D eigenvalue weighted by Gasteiger charge is -2.11. The molecular weight excluding hydrogens is 340 g/mol. The highest BCUT2D eigenvalue weighted by Gasteiger charge is 2.13. The first-order valence-corrected chi connectivity index (χ1v) is 8.57. The second-order valence-electron chi connectivity index (χ2n) is 5.92. The van der Waals surface area contributed by atoms with Crippen molar-refractivity contribution in [1.82, 2.24) is 10.2 Å². The van der Waals surface area contributed by atoms with Crippen LogP contribution in [-0.2, 0) is 6.61 Å². The van der Waals surface area contributed by atoms with Crippen molar-refractivity contribution >= 4 is 0 Å². The van der Waals surface area contributed by atoms with Gasteiger partial charge < -0.3 is 13.9 Å². The summed E-state index contributed by atoms with van der Waals surface area (Å²) in [6.07, 6.45) is 0. The van der Waals surface area contributed by atoms with Crippen molar-refractivity contribution in [2.45, 2.75) is 6.61 Å². The Balaban J connectivity index is 1.59. The Morgan fingerprint density at radius 3 is 2.11 bits per heavy atom. The van der Waals surface area contributed by atoms with Crippen LogP contribution in [0.3, 0.4) is 0 Å². The molecule has 0 atom stereocenters. The van der Waals surface area contributed by atoms with Gasteiger partial charge in [-0.1, -0.05) is 48.5 Å². The van der Waals surface area contributed by atoms with Gasteiger partial charge in [0.25, 0.3) is 0 Å². The van der Waals surface area contributed by atoms with E-state index in [0.29, 0.717) is 29.9 Å². The minimum absolute atomic E-state index is 0.432. The zero-order valence-electron chi connectivity index (χ0n) is 14.8. The quantitative estimate of drug-likeness (QED) is 0.486. The van der Waals surface area contributed by atoms with E-state index in [2.05, 4.69) is 10.2 Å². The van der Waals surface area contributed by atoms with Crippen LogP contribution in [0.1, 0.15) is 5.56 Å². The van der Waals surface area contributed by atoms with Gasteiger partial charge in [0.15, 0.2) is 11.5 Å². The molecule has 134 valence electrons. The third kappa shape index (κ3) is 3.82. The summed E-state index contributed by atoms with van der Waals surface area (Å²) >= 11 is 0. The predicted octanol–water partition coefficient (Wildman–Crippen LogP) is 4.99. The zero-order valence-corrected chi connectivity index (χ0v) is 14.8. The Bertz CT molecular complexity index is 1010. The van der Waals surface area contributed by atoms with Gasteiger partial charge in [0, 0.05) is 11.1 Å². The Kier molecular flexibility index (Phi) is 4.83. The molecule has 1 heterocycles. The van der Waals surface area contributed by atoms with Crippen LogP contribution in [0.5, 0.6) is 11.5 Å². The third-order valence-electron chi connectivity index (χ3n) is 4.09. The SMILES string of the molecule is COc1ccc(-c2nnc(-c3ccccc3)o2)cc1OCc1ccccc1. The molecular formula is C22H18N2O3. The fourth-order valence-electron chi connectivity index (χ4n) is 2.70. The summed E-state index contributed by atoms with van der Waals surface area (Å²) in [6, 6.07) is 25.2. The van der Waals surface area contributed by atoms with Crippen LogP contribution in [-0.4, -0.2) is 17.3 Å². The highest BCUT2D eigenvalue weighted by Crippen LogP contribution is 2.33. The van der Waals surface area contributed by atoms with E-state index in [1.54, 1.807) is 7.11 Å². The van der Waals surface area contributed by atoms with Crippen LogP contribution in [0, 0.1) is 0 Å². The minimum atomic E-state index is 0.432. The summed E-state index contributed by atoms with van der Waals surface area (Å²) in [5.74, 6) is 2.19. The number of aromatic nitrogens is 2. The summed E-state index contributed by atoms with van der Waals surface area (Å²) in [6.45, 7) is 0.444. The molecule has 1 aromatic heterocycles. The van der Waals surface area contributed by atoms with E-state index in [9.17, 15) is 0 Å². The number of benzene rings is 3. The first kappa shape index (κ1) is 16.8. The van der Waals surface area contributed by atoms with Crippen LogP contribution in [0.25, 0.3) is 22.9 Å².